The van der Waals surface area contributed by atoms with Crippen molar-refractivity contribution in [2.75, 3.05) is 12.3 Å². The summed E-state index contributed by atoms with van der Waals surface area (Å²) in [6, 6.07) is 3.45. The van der Waals surface area contributed by atoms with E-state index in [4.69, 9.17) is 10.5 Å². The minimum absolute atomic E-state index is 0.181. The van der Waals surface area contributed by atoms with Gasteiger partial charge in [-0.2, -0.15) is 0 Å². The van der Waals surface area contributed by atoms with E-state index in [2.05, 4.69) is 15.0 Å². The van der Waals surface area contributed by atoms with E-state index in [1.54, 1.807) is 6.20 Å². The molecule has 0 amide bonds. The van der Waals surface area contributed by atoms with Crippen LogP contribution in [-0.4, -0.2) is 48.5 Å². The molecule has 3 aromatic rings. The van der Waals surface area contributed by atoms with Gasteiger partial charge in [-0.3, -0.25) is 4.98 Å². The highest BCUT2D eigenvalue weighted by Gasteiger charge is 2.43. The van der Waals surface area contributed by atoms with Gasteiger partial charge in [-0.1, -0.05) is 0 Å². The molecule has 4 atom stereocenters. The molecule has 3 heterocycles. The zero-order chi connectivity index (χ0) is 20.0. The highest BCUT2D eigenvalue weighted by molar-refractivity contribution is 5.86. The van der Waals surface area contributed by atoms with Crippen molar-refractivity contribution in [2.24, 2.45) is 5.92 Å². The Morgan fingerprint density at radius 3 is 2.86 bits per heavy atom. The van der Waals surface area contributed by atoms with Gasteiger partial charge in [0.2, 0.25) is 0 Å². The highest BCUT2D eigenvalue weighted by Crippen LogP contribution is 2.38. The molecule has 3 aromatic heterocycles. The second-order valence-corrected chi connectivity index (χ2v) is 8.02. The third-order valence-electron chi connectivity index (χ3n) is 6.31. The van der Waals surface area contributed by atoms with Crippen LogP contribution in [0.3, 0.4) is 0 Å². The maximum absolute atomic E-state index is 10.7. The summed E-state index contributed by atoms with van der Waals surface area (Å²) in [7, 11) is 0. The number of aliphatic hydroxyl groups is 2. The van der Waals surface area contributed by atoms with Crippen LogP contribution in [0.2, 0.25) is 0 Å². The van der Waals surface area contributed by atoms with Crippen LogP contribution in [0, 0.1) is 5.92 Å². The number of nitrogens with two attached hydrogens (primary N) is 1. The van der Waals surface area contributed by atoms with Crippen molar-refractivity contribution in [1.82, 2.24) is 19.5 Å². The number of pyridine rings is 1. The number of ether oxygens (including phenoxy) is 1. The minimum atomic E-state index is -0.901. The monoisotopic (exact) mass is 395 g/mol. The normalized spacial score (nSPS) is 26.6. The van der Waals surface area contributed by atoms with Gasteiger partial charge in [-0.25, -0.2) is 9.97 Å². The van der Waals surface area contributed by atoms with Crippen LogP contribution >= 0.6 is 0 Å². The summed E-state index contributed by atoms with van der Waals surface area (Å²) < 4.78 is 8.00. The van der Waals surface area contributed by atoms with E-state index >= 15 is 0 Å². The summed E-state index contributed by atoms with van der Waals surface area (Å²) in [6.07, 6.45) is 8.15. The van der Waals surface area contributed by atoms with Gasteiger partial charge < -0.3 is 25.3 Å². The summed E-state index contributed by atoms with van der Waals surface area (Å²) in [4.78, 5) is 12.8. The minimum Gasteiger partial charge on any atom is -0.493 e. The Bertz CT molecular complexity index is 1040. The molecular formula is C21H25N5O3. The van der Waals surface area contributed by atoms with E-state index in [1.807, 2.05) is 22.9 Å². The number of nitrogens with zero attached hydrogens (tertiary/aromatic N) is 4. The standard InChI is InChI=1S/C21H25N5O3/c22-20-14-6-8-26(21(14)25-11-24-20)16-9-12(18(27)19(16)28)10-29-17-5-7-23-15-4-2-1-3-13(15)17/h5-8,11-12,16,18-19,27-28H,1-4,9-10H2,(H2,22,24,25)/t12-,16+,18+,19-/m0/s1. The summed E-state index contributed by atoms with van der Waals surface area (Å²) in [5.41, 5.74) is 8.90. The molecule has 1 fully saturated rings. The summed E-state index contributed by atoms with van der Waals surface area (Å²) >= 11 is 0. The number of fused-ring (bicyclic) bond motifs is 2. The number of hydrogen-bond acceptors (Lipinski definition) is 7. The summed E-state index contributed by atoms with van der Waals surface area (Å²) in [6.45, 7) is 0.349. The maximum atomic E-state index is 10.7. The fourth-order valence-electron chi connectivity index (χ4n) is 4.72. The Hall–Kier alpha value is -2.71. The van der Waals surface area contributed by atoms with Gasteiger partial charge in [-0.15, -0.1) is 0 Å². The van der Waals surface area contributed by atoms with Gasteiger partial charge in [0, 0.05) is 29.6 Å². The van der Waals surface area contributed by atoms with E-state index in [0.717, 1.165) is 42.5 Å². The number of aliphatic hydroxyl groups excluding tert-OH is 2. The molecule has 29 heavy (non-hydrogen) atoms. The molecule has 0 radical (unpaired) electrons. The van der Waals surface area contributed by atoms with Crippen LogP contribution < -0.4 is 10.5 Å². The first-order valence-corrected chi connectivity index (χ1v) is 10.2. The molecule has 0 unspecified atom stereocenters. The molecule has 5 rings (SSSR count). The highest BCUT2D eigenvalue weighted by atomic mass is 16.5. The quantitative estimate of drug-likeness (QED) is 0.614. The average Bonchev–Trinajstić information content (AvgIpc) is 3.29. The van der Waals surface area contributed by atoms with Crippen molar-refractivity contribution in [1.29, 1.82) is 0 Å². The maximum Gasteiger partial charge on any atom is 0.145 e. The number of nitrogen functional groups attached to an aromatic ring is 1. The van der Waals surface area contributed by atoms with E-state index in [0.29, 0.717) is 24.5 Å². The molecular weight excluding hydrogens is 370 g/mol. The summed E-state index contributed by atoms with van der Waals surface area (Å²) in [5, 5.41) is 22.1. The Balaban J connectivity index is 1.35. The number of aromatic nitrogens is 4. The lowest BCUT2D eigenvalue weighted by Gasteiger charge is -2.21. The van der Waals surface area contributed by atoms with Crippen molar-refractivity contribution in [2.45, 2.75) is 50.4 Å². The Morgan fingerprint density at radius 2 is 1.97 bits per heavy atom. The summed E-state index contributed by atoms with van der Waals surface area (Å²) in [5.74, 6) is 1.08. The van der Waals surface area contributed by atoms with Crippen molar-refractivity contribution in [3.63, 3.8) is 0 Å². The van der Waals surface area contributed by atoms with Gasteiger partial charge in [0.15, 0.2) is 0 Å². The Labute approximate surface area is 168 Å². The lowest BCUT2D eigenvalue weighted by Crippen LogP contribution is -2.31. The number of rotatable bonds is 4. The lowest BCUT2D eigenvalue weighted by molar-refractivity contribution is -0.00151. The fourth-order valence-corrected chi connectivity index (χ4v) is 4.72. The van der Waals surface area contributed by atoms with Crippen molar-refractivity contribution >= 4 is 16.9 Å². The van der Waals surface area contributed by atoms with Crippen LogP contribution in [-0.2, 0) is 12.8 Å². The van der Waals surface area contributed by atoms with Crippen LogP contribution in [0.5, 0.6) is 5.75 Å². The Morgan fingerprint density at radius 1 is 1.10 bits per heavy atom. The predicted octanol–water partition coefficient (Wildman–Crippen LogP) is 1.65. The molecule has 0 aromatic carbocycles. The third kappa shape index (κ3) is 3.12. The zero-order valence-electron chi connectivity index (χ0n) is 16.1. The van der Waals surface area contributed by atoms with Gasteiger partial charge in [0.1, 0.15) is 29.6 Å². The first kappa shape index (κ1) is 18.3. The van der Waals surface area contributed by atoms with Crippen LogP contribution in [0.25, 0.3) is 11.0 Å². The van der Waals surface area contributed by atoms with Crippen molar-refractivity contribution in [3.05, 3.63) is 42.1 Å². The molecule has 2 aliphatic carbocycles. The second-order valence-electron chi connectivity index (χ2n) is 8.02. The third-order valence-corrected chi connectivity index (χ3v) is 6.31. The zero-order valence-corrected chi connectivity index (χ0v) is 16.1. The van der Waals surface area contributed by atoms with Crippen LogP contribution in [0.4, 0.5) is 5.82 Å². The lowest BCUT2D eigenvalue weighted by atomic mass is 9.95. The smallest absolute Gasteiger partial charge is 0.145 e. The number of anilines is 1. The van der Waals surface area contributed by atoms with E-state index in [-0.39, 0.29) is 12.0 Å². The molecule has 0 aliphatic heterocycles. The Kier molecular flexibility index (Phi) is 4.60. The number of aryl methyl sites for hydroxylation is 1. The molecule has 0 saturated heterocycles. The van der Waals surface area contributed by atoms with Gasteiger partial charge >= 0.3 is 0 Å². The topological polar surface area (TPSA) is 119 Å². The average molecular weight is 395 g/mol. The molecule has 2 aliphatic rings. The molecule has 8 heteroatoms. The molecule has 152 valence electrons. The van der Waals surface area contributed by atoms with Gasteiger partial charge in [-0.05, 0) is 44.2 Å². The molecule has 1 saturated carbocycles. The van der Waals surface area contributed by atoms with E-state index < -0.39 is 12.2 Å². The van der Waals surface area contributed by atoms with Crippen LogP contribution in [0.15, 0.2) is 30.9 Å². The SMILES string of the molecule is Nc1ncnc2c1ccn2[C@@H]1C[C@@H](COc2ccnc3c2CCCC3)[C@@H](O)[C@H]1O. The first-order chi connectivity index (χ1) is 14.1. The van der Waals surface area contributed by atoms with Gasteiger partial charge in [0.25, 0.3) is 0 Å². The second kappa shape index (κ2) is 7.27. The van der Waals surface area contributed by atoms with Gasteiger partial charge in [0.05, 0.1) is 24.1 Å². The number of hydrogen-bond donors (Lipinski definition) is 3. The molecule has 4 N–H and O–H groups in total. The fraction of sp³-hybridized carbons (Fsp3) is 0.476. The van der Waals surface area contributed by atoms with E-state index in [1.165, 1.54) is 11.9 Å². The molecule has 8 nitrogen and oxygen atoms in total. The van der Waals surface area contributed by atoms with E-state index in [9.17, 15) is 10.2 Å². The molecule has 0 spiro atoms. The predicted molar refractivity (Wildman–Crippen MR) is 107 cm³/mol. The molecule has 0 bridgehead atoms. The van der Waals surface area contributed by atoms with Crippen LogP contribution in [0.1, 0.15) is 36.6 Å². The van der Waals surface area contributed by atoms with Crippen molar-refractivity contribution in [3.8, 4) is 5.75 Å². The largest absolute Gasteiger partial charge is 0.493 e. The van der Waals surface area contributed by atoms with Crippen molar-refractivity contribution < 1.29 is 14.9 Å². The first-order valence-electron chi connectivity index (χ1n) is 10.2.